The maximum Gasteiger partial charge on any atom is 0.240 e. The number of hydrogen-bond donors (Lipinski definition) is 0. The minimum absolute atomic E-state index is 0.115. The van der Waals surface area contributed by atoms with E-state index in [-0.39, 0.29) is 6.10 Å². The van der Waals surface area contributed by atoms with Crippen molar-refractivity contribution in [3.8, 4) is 0 Å². The summed E-state index contributed by atoms with van der Waals surface area (Å²) in [7, 11) is 2.24. The Labute approximate surface area is 151 Å². The van der Waals surface area contributed by atoms with Gasteiger partial charge in [0.05, 0.1) is 6.54 Å². The number of ether oxygens (including phenoxy) is 1. The highest BCUT2D eigenvalue weighted by molar-refractivity contribution is 5.00. The molecule has 1 aromatic heterocycles. The van der Waals surface area contributed by atoms with Crippen molar-refractivity contribution in [3.05, 3.63) is 11.7 Å². The molecule has 1 atom stereocenters. The zero-order valence-corrected chi connectivity index (χ0v) is 16.3. The van der Waals surface area contributed by atoms with Gasteiger partial charge in [0.1, 0.15) is 6.10 Å². The van der Waals surface area contributed by atoms with E-state index in [4.69, 9.17) is 9.26 Å². The minimum atomic E-state index is -0.115. The number of hydrogen-bond acceptors (Lipinski definition) is 6. The molecule has 6 nitrogen and oxygen atoms in total. The topological polar surface area (TPSA) is 54.6 Å². The van der Waals surface area contributed by atoms with Crippen molar-refractivity contribution in [1.82, 2.24) is 19.9 Å². The van der Waals surface area contributed by atoms with Crippen LogP contribution in [-0.4, -0.2) is 58.8 Å². The average molecular weight is 351 g/mol. The molecule has 0 amide bonds. The molecule has 1 unspecified atom stereocenters. The van der Waals surface area contributed by atoms with Gasteiger partial charge < -0.3 is 14.2 Å². The first-order valence-electron chi connectivity index (χ1n) is 9.86. The highest BCUT2D eigenvalue weighted by Gasteiger charge is 2.42. The first kappa shape index (κ1) is 18.8. The molecule has 0 aromatic carbocycles. The first-order chi connectivity index (χ1) is 12.0. The van der Waals surface area contributed by atoms with Crippen molar-refractivity contribution >= 4 is 0 Å². The Morgan fingerprint density at radius 2 is 1.92 bits per heavy atom. The predicted octanol–water partition coefficient (Wildman–Crippen LogP) is 3.25. The fraction of sp³-hybridized carbons (Fsp3) is 0.895. The first-order valence-corrected chi connectivity index (χ1v) is 9.86. The Bertz CT molecular complexity index is 539. The fourth-order valence-corrected chi connectivity index (χ4v) is 4.21. The lowest BCUT2D eigenvalue weighted by molar-refractivity contribution is -0.0291. The molecule has 0 bridgehead atoms. The van der Waals surface area contributed by atoms with Gasteiger partial charge in [0.2, 0.25) is 5.89 Å². The Hall–Kier alpha value is -0.980. The zero-order valence-electron chi connectivity index (χ0n) is 16.3. The van der Waals surface area contributed by atoms with Crippen LogP contribution in [0.1, 0.15) is 70.7 Å². The van der Waals surface area contributed by atoms with Crippen LogP contribution in [-0.2, 0) is 11.3 Å². The van der Waals surface area contributed by atoms with Crippen LogP contribution in [0, 0.1) is 5.92 Å². The lowest BCUT2D eigenvalue weighted by Gasteiger charge is -2.51. The van der Waals surface area contributed by atoms with Crippen LogP contribution in [0.5, 0.6) is 0 Å². The summed E-state index contributed by atoms with van der Waals surface area (Å²) in [5, 5.41) is 4.16. The smallest absolute Gasteiger partial charge is 0.240 e. The van der Waals surface area contributed by atoms with Gasteiger partial charge in [-0.15, -0.1) is 0 Å². The Balaban J connectivity index is 1.64. The van der Waals surface area contributed by atoms with Gasteiger partial charge in [-0.1, -0.05) is 38.3 Å². The summed E-state index contributed by atoms with van der Waals surface area (Å²) in [6, 6.07) is 0. The van der Waals surface area contributed by atoms with Gasteiger partial charge in [0.15, 0.2) is 5.82 Å². The molecule has 1 aliphatic heterocycles. The fourth-order valence-electron chi connectivity index (χ4n) is 4.21. The second kappa shape index (κ2) is 8.14. The SMILES string of the molecule is CC(C)COC(C)c1noc(CN2CCN(C)CC23CCCCC3)n1. The molecule has 1 spiro atoms. The van der Waals surface area contributed by atoms with Gasteiger partial charge >= 0.3 is 0 Å². The Morgan fingerprint density at radius 1 is 1.16 bits per heavy atom. The number of likely N-dealkylation sites (N-methyl/N-ethyl adjacent to an activating group) is 1. The summed E-state index contributed by atoms with van der Waals surface area (Å²) in [5.41, 5.74) is 0.291. The molecule has 1 saturated carbocycles. The highest BCUT2D eigenvalue weighted by Crippen LogP contribution is 2.37. The van der Waals surface area contributed by atoms with Crippen molar-refractivity contribution in [2.75, 3.05) is 33.3 Å². The lowest BCUT2D eigenvalue weighted by Crippen LogP contribution is -2.61. The maximum absolute atomic E-state index is 5.81. The number of aromatic nitrogens is 2. The molecule has 1 aromatic rings. The third-order valence-corrected chi connectivity index (χ3v) is 5.62. The number of rotatable bonds is 6. The molecule has 0 N–H and O–H groups in total. The Kier molecular flexibility index (Phi) is 6.12. The Morgan fingerprint density at radius 3 is 2.64 bits per heavy atom. The van der Waals surface area contributed by atoms with Crippen molar-refractivity contribution in [3.63, 3.8) is 0 Å². The summed E-state index contributed by atoms with van der Waals surface area (Å²) in [5.74, 6) is 1.90. The predicted molar refractivity (Wildman–Crippen MR) is 97.2 cm³/mol. The van der Waals surface area contributed by atoms with Crippen LogP contribution < -0.4 is 0 Å². The molecule has 6 heteroatoms. The van der Waals surface area contributed by atoms with E-state index in [0.29, 0.717) is 23.9 Å². The summed E-state index contributed by atoms with van der Waals surface area (Å²) in [6.45, 7) is 11.1. The van der Waals surface area contributed by atoms with Crippen LogP contribution in [0.4, 0.5) is 0 Å². The molecule has 142 valence electrons. The van der Waals surface area contributed by atoms with Crippen molar-refractivity contribution in [2.24, 2.45) is 5.92 Å². The summed E-state index contributed by atoms with van der Waals surface area (Å²) in [6.07, 6.45) is 6.49. The molecule has 2 fully saturated rings. The van der Waals surface area contributed by atoms with Crippen molar-refractivity contribution < 1.29 is 9.26 Å². The normalized spacial score (nSPS) is 23.4. The van der Waals surface area contributed by atoms with Gasteiger partial charge in [0, 0.05) is 31.8 Å². The standard InChI is InChI=1S/C19H34N4O2/c1-15(2)13-24-16(3)18-20-17(25-21-18)12-23-11-10-22(4)14-19(23)8-6-5-7-9-19/h15-16H,5-14H2,1-4H3. The monoisotopic (exact) mass is 350 g/mol. The molecular formula is C19H34N4O2. The van der Waals surface area contributed by atoms with E-state index in [2.05, 4.69) is 40.8 Å². The third-order valence-electron chi connectivity index (χ3n) is 5.62. The number of nitrogens with zero attached hydrogens (tertiary/aromatic N) is 4. The van der Waals surface area contributed by atoms with Crippen molar-refractivity contribution in [2.45, 2.75) is 71.1 Å². The number of piperazine rings is 1. The van der Waals surface area contributed by atoms with Gasteiger partial charge in [-0.2, -0.15) is 4.98 Å². The zero-order chi connectivity index (χ0) is 17.9. The van der Waals surface area contributed by atoms with E-state index in [1.54, 1.807) is 0 Å². The van der Waals surface area contributed by atoms with Crippen LogP contribution in [0.15, 0.2) is 4.52 Å². The van der Waals surface area contributed by atoms with Gasteiger partial charge in [-0.25, -0.2) is 0 Å². The van der Waals surface area contributed by atoms with Gasteiger partial charge in [0.25, 0.3) is 0 Å². The summed E-state index contributed by atoms with van der Waals surface area (Å²) < 4.78 is 11.4. The van der Waals surface area contributed by atoms with E-state index in [1.165, 1.54) is 32.1 Å². The van der Waals surface area contributed by atoms with E-state index >= 15 is 0 Å². The maximum atomic E-state index is 5.81. The van der Waals surface area contributed by atoms with E-state index in [9.17, 15) is 0 Å². The molecule has 2 aliphatic rings. The van der Waals surface area contributed by atoms with Crippen LogP contribution in [0.3, 0.4) is 0 Å². The molecule has 1 aliphatic carbocycles. The lowest BCUT2D eigenvalue weighted by atomic mass is 9.78. The molecule has 0 radical (unpaired) electrons. The van der Waals surface area contributed by atoms with Gasteiger partial charge in [-0.05, 0) is 32.7 Å². The van der Waals surface area contributed by atoms with Crippen LogP contribution >= 0.6 is 0 Å². The molecule has 1 saturated heterocycles. The second-order valence-corrected chi connectivity index (χ2v) is 8.36. The van der Waals surface area contributed by atoms with E-state index in [0.717, 1.165) is 32.1 Å². The highest BCUT2D eigenvalue weighted by atomic mass is 16.5. The summed E-state index contributed by atoms with van der Waals surface area (Å²) >= 11 is 0. The second-order valence-electron chi connectivity index (χ2n) is 8.36. The summed E-state index contributed by atoms with van der Waals surface area (Å²) in [4.78, 5) is 9.70. The van der Waals surface area contributed by atoms with E-state index in [1.807, 2.05) is 6.92 Å². The molecular weight excluding hydrogens is 316 g/mol. The third kappa shape index (κ3) is 4.60. The van der Waals surface area contributed by atoms with Crippen molar-refractivity contribution in [1.29, 1.82) is 0 Å². The van der Waals surface area contributed by atoms with E-state index < -0.39 is 0 Å². The minimum Gasteiger partial charge on any atom is -0.370 e. The average Bonchev–Trinajstić information content (AvgIpc) is 3.05. The van der Waals surface area contributed by atoms with Crippen LogP contribution in [0.2, 0.25) is 0 Å². The van der Waals surface area contributed by atoms with Gasteiger partial charge in [-0.3, -0.25) is 4.90 Å². The molecule has 25 heavy (non-hydrogen) atoms. The largest absolute Gasteiger partial charge is 0.370 e. The van der Waals surface area contributed by atoms with Crippen LogP contribution in [0.25, 0.3) is 0 Å². The molecule has 2 heterocycles. The quantitative estimate of drug-likeness (QED) is 0.785. The molecule has 3 rings (SSSR count).